The van der Waals surface area contributed by atoms with Crippen LogP contribution in [0, 0.1) is 11.3 Å². The van der Waals surface area contributed by atoms with E-state index in [2.05, 4.69) is 26.9 Å². The average Bonchev–Trinajstić information content (AvgIpc) is 2.63. The second kappa shape index (κ2) is 7.01. The van der Waals surface area contributed by atoms with E-state index in [1.54, 1.807) is 6.20 Å². The van der Waals surface area contributed by atoms with Crippen molar-refractivity contribution in [3.8, 4) is 11.8 Å². The highest BCUT2D eigenvalue weighted by Crippen LogP contribution is 2.29. The van der Waals surface area contributed by atoms with Gasteiger partial charge in [0.15, 0.2) is 0 Å². The molecule has 0 amide bonds. The fourth-order valence-electron chi connectivity index (χ4n) is 2.81. The molecule has 0 atom stereocenters. The van der Waals surface area contributed by atoms with Crippen molar-refractivity contribution < 1.29 is 4.74 Å². The van der Waals surface area contributed by atoms with Crippen molar-refractivity contribution in [1.82, 2.24) is 4.98 Å². The number of piperazine rings is 1. The minimum absolute atomic E-state index is 0.595. The van der Waals surface area contributed by atoms with Crippen LogP contribution in [0.25, 0.3) is 0 Å². The molecule has 0 unspecified atom stereocenters. The number of rotatable bonds is 4. The molecular weight excluding hydrogens is 288 g/mol. The number of anilines is 2. The molecule has 1 fully saturated rings. The van der Waals surface area contributed by atoms with Crippen LogP contribution in [0.5, 0.6) is 5.75 Å². The number of ether oxygens (including phenoxy) is 1. The molecule has 3 rings (SSSR count). The van der Waals surface area contributed by atoms with E-state index in [0.717, 1.165) is 43.4 Å². The Kier molecular flexibility index (Phi) is 4.62. The largest absolute Gasteiger partial charge is 0.492 e. The summed E-state index contributed by atoms with van der Waals surface area (Å²) in [6.07, 6.45) is 1.63. The van der Waals surface area contributed by atoms with E-state index in [0.29, 0.717) is 12.2 Å². The lowest BCUT2D eigenvalue weighted by atomic mass is 10.2. The molecule has 1 aromatic carbocycles. The first kappa shape index (κ1) is 15.2. The van der Waals surface area contributed by atoms with E-state index in [9.17, 15) is 0 Å². The highest BCUT2D eigenvalue weighted by atomic mass is 16.5. The van der Waals surface area contributed by atoms with E-state index in [-0.39, 0.29) is 0 Å². The number of aromatic nitrogens is 1. The summed E-state index contributed by atoms with van der Waals surface area (Å²) in [6, 6.07) is 14.0. The summed E-state index contributed by atoms with van der Waals surface area (Å²) in [6.45, 7) is 6.33. The van der Waals surface area contributed by atoms with Gasteiger partial charge in [0.05, 0.1) is 17.9 Å². The predicted molar refractivity (Wildman–Crippen MR) is 91.0 cm³/mol. The van der Waals surface area contributed by atoms with Gasteiger partial charge in [-0.25, -0.2) is 4.98 Å². The summed E-state index contributed by atoms with van der Waals surface area (Å²) in [5.41, 5.74) is 1.75. The molecule has 1 aromatic heterocycles. The molecule has 118 valence electrons. The fourth-order valence-corrected chi connectivity index (χ4v) is 2.81. The third-order valence-corrected chi connectivity index (χ3v) is 3.99. The number of benzene rings is 1. The molecule has 1 saturated heterocycles. The molecule has 0 aliphatic carbocycles. The molecule has 0 bridgehead atoms. The Morgan fingerprint density at radius 2 is 1.83 bits per heavy atom. The lowest BCUT2D eigenvalue weighted by Crippen LogP contribution is -2.46. The Hall–Kier alpha value is -2.74. The Labute approximate surface area is 136 Å². The minimum Gasteiger partial charge on any atom is -0.492 e. The summed E-state index contributed by atoms with van der Waals surface area (Å²) in [5, 5.41) is 8.85. The van der Waals surface area contributed by atoms with Crippen molar-refractivity contribution in [3.05, 3.63) is 48.2 Å². The second-order valence-corrected chi connectivity index (χ2v) is 5.39. The van der Waals surface area contributed by atoms with Crippen molar-refractivity contribution in [3.63, 3.8) is 0 Å². The van der Waals surface area contributed by atoms with Gasteiger partial charge in [0.2, 0.25) is 0 Å². The number of nitrogens with zero attached hydrogens (tertiary/aromatic N) is 4. The first-order chi connectivity index (χ1) is 11.3. The van der Waals surface area contributed by atoms with E-state index >= 15 is 0 Å². The van der Waals surface area contributed by atoms with Gasteiger partial charge in [-0.2, -0.15) is 5.26 Å². The number of hydrogen-bond acceptors (Lipinski definition) is 5. The fraction of sp³-hybridized carbons (Fsp3) is 0.333. The Morgan fingerprint density at radius 3 is 2.48 bits per heavy atom. The van der Waals surface area contributed by atoms with Crippen LogP contribution in [0.15, 0.2) is 42.6 Å². The van der Waals surface area contributed by atoms with Crippen molar-refractivity contribution in [2.75, 3.05) is 42.6 Å². The number of para-hydroxylation sites is 2. The van der Waals surface area contributed by atoms with Gasteiger partial charge < -0.3 is 14.5 Å². The maximum atomic E-state index is 8.85. The van der Waals surface area contributed by atoms with Gasteiger partial charge in [0, 0.05) is 32.4 Å². The van der Waals surface area contributed by atoms with Gasteiger partial charge in [-0.15, -0.1) is 0 Å². The number of nitriles is 1. The smallest absolute Gasteiger partial charge is 0.142 e. The first-order valence-electron chi connectivity index (χ1n) is 7.89. The SMILES string of the molecule is CCOc1ccccc1N1CCN(c2ccc(C#N)cn2)CC1. The van der Waals surface area contributed by atoms with Crippen molar-refractivity contribution >= 4 is 11.5 Å². The molecule has 5 nitrogen and oxygen atoms in total. The highest BCUT2D eigenvalue weighted by molar-refractivity contribution is 5.59. The third-order valence-electron chi connectivity index (χ3n) is 3.99. The van der Waals surface area contributed by atoms with Gasteiger partial charge in [-0.3, -0.25) is 0 Å². The molecule has 0 spiro atoms. The first-order valence-corrected chi connectivity index (χ1v) is 7.89. The van der Waals surface area contributed by atoms with Crippen LogP contribution < -0.4 is 14.5 Å². The van der Waals surface area contributed by atoms with Gasteiger partial charge in [0.25, 0.3) is 0 Å². The quantitative estimate of drug-likeness (QED) is 0.869. The molecule has 23 heavy (non-hydrogen) atoms. The average molecular weight is 308 g/mol. The normalized spacial score (nSPS) is 14.4. The van der Waals surface area contributed by atoms with Crippen LogP contribution in [-0.2, 0) is 0 Å². The maximum Gasteiger partial charge on any atom is 0.142 e. The Balaban J connectivity index is 1.67. The highest BCUT2D eigenvalue weighted by Gasteiger charge is 2.20. The molecule has 0 N–H and O–H groups in total. The number of pyridine rings is 1. The predicted octanol–water partition coefficient (Wildman–Crippen LogP) is 2.68. The zero-order valence-electron chi connectivity index (χ0n) is 13.3. The van der Waals surface area contributed by atoms with Gasteiger partial charge >= 0.3 is 0 Å². The van der Waals surface area contributed by atoms with Gasteiger partial charge in [-0.05, 0) is 31.2 Å². The van der Waals surface area contributed by atoms with Crippen molar-refractivity contribution in [1.29, 1.82) is 5.26 Å². The second-order valence-electron chi connectivity index (χ2n) is 5.39. The summed E-state index contributed by atoms with van der Waals surface area (Å²) in [4.78, 5) is 8.98. The Morgan fingerprint density at radius 1 is 1.09 bits per heavy atom. The van der Waals surface area contributed by atoms with Crippen LogP contribution in [0.2, 0.25) is 0 Å². The topological polar surface area (TPSA) is 52.4 Å². The van der Waals surface area contributed by atoms with E-state index in [1.807, 2.05) is 37.3 Å². The van der Waals surface area contributed by atoms with Crippen LogP contribution in [0.1, 0.15) is 12.5 Å². The summed E-state index contributed by atoms with van der Waals surface area (Å²) in [7, 11) is 0. The molecule has 0 radical (unpaired) electrons. The van der Waals surface area contributed by atoms with Gasteiger partial charge in [0.1, 0.15) is 17.6 Å². The molecule has 2 heterocycles. The van der Waals surface area contributed by atoms with Crippen molar-refractivity contribution in [2.24, 2.45) is 0 Å². The molecule has 5 heteroatoms. The summed E-state index contributed by atoms with van der Waals surface area (Å²) < 4.78 is 5.73. The third kappa shape index (κ3) is 3.37. The minimum atomic E-state index is 0.595. The molecule has 2 aromatic rings. The molecule has 1 aliphatic heterocycles. The molecule has 1 aliphatic rings. The Bertz CT molecular complexity index is 685. The lowest BCUT2D eigenvalue weighted by molar-refractivity contribution is 0.340. The van der Waals surface area contributed by atoms with Crippen LogP contribution in [-0.4, -0.2) is 37.8 Å². The van der Waals surface area contributed by atoms with E-state index in [1.165, 1.54) is 0 Å². The van der Waals surface area contributed by atoms with E-state index < -0.39 is 0 Å². The zero-order chi connectivity index (χ0) is 16.1. The van der Waals surface area contributed by atoms with E-state index in [4.69, 9.17) is 10.00 Å². The standard InChI is InChI=1S/C18H20N4O/c1-2-23-17-6-4-3-5-16(17)21-9-11-22(12-10-21)18-8-7-15(13-19)14-20-18/h3-8,14H,2,9-12H2,1H3. The lowest BCUT2D eigenvalue weighted by Gasteiger charge is -2.37. The van der Waals surface area contributed by atoms with Crippen LogP contribution in [0.4, 0.5) is 11.5 Å². The van der Waals surface area contributed by atoms with Crippen LogP contribution in [0.3, 0.4) is 0 Å². The summed E-state index contributed by atoms with van der Waals surface area (Å²) >= 11 is 0. The number of hydrogen-bond donors (Lipinski definition) is 0. The molecular formula is C18H20N4O. The summed E-state index contributed by atoms with van der Waals surface area (Å²) in [5.74, 6) is 1.88. The maximum absolute atomic E-state index is 8.85. The monoisotopic (exact) mass is 308 g/mol. The molecule has 0 saturated carbocycles. The zero-order valence-corrected chi connectivity index (χ0v) is 13.3. The van der Waals surface area contributed by atoms with Gasteiger partial charge in [-0.1, -0.05) is 12.1 Å². The van der Waals surface area contributed by atoms with Crippen molar-refractivity contribution in [2.45, 2.75) is 6.92 Å². The van der Waals surface area contributed by atoms with Crippen LogP contribution >= 0.6 is 0 Å².